The van der Waals surface area contributed by atoms with E-state index in [0.717, 1.165) is 16.9 Å². The number of rotatable bonds is 5. The van der Waals surface area contributed by atoms with Gasteiger partial charge in [0, 0.05) is 12.2 Å². The molecule has 118 valence electrons. The van der Waals surface area contributed by atoms with Crippen LogP contribution in [-0.2, 0) is 16.4 Å². The summed E-state index contributed by atoms with van der Waals surface area (Å²) >= 11 is 0.870. The van der Waals surface area contributed by atoms with Crippen LogP contribution in [0.3, 0.4) is 0 Å². The summed E-state index contributed by atoms with van der Waals surface area (Å²) in [7, 11) is -3.69. The van der Waals surface area contributed by atoms with E-state index in [1.807, 2.05) is 0 Å². The lowest BCUT2D eigenvalue weighted by Gasteiger charge is -2.05. The first-order valence-electron chi connectivity index (χ1n) is 6.37. The Morgan fingerprint density at radius 1 is 1.32 bits per heavy atom. The molecular weight excluding hydrogens is 326 g/mol. The van der Waals surface area contributed by atoms with Crippen LogP contribution < -0.4 is 15.3 Å². The molecule has 0 saturated carbocycles. The van der Waals surface area contributed by atoms with Crippen LogP contribution in [0.4, 0.5) is 0 Å². The molecule has 0 aliphatic rings. The van der Waals surface area contributed by atoms with E-state index >= 15 is 0 Å². The summed E-state index contributed by atoms with van der Waals surface area (Å²) in [4.78, 5) is 25.8. The Hall–Kier alpha value is -1.97. The van der Waals surface area contributed by atoms with Crippen LogP contribution in [0, 0.1) is 6.92 Å². The number of aryl methyl sites for hydroxylation is 1. The summed E-state index contributed by atoms with van der Waals surface area (Å²) in [6.07, 6.45) is 0.537. The fourth-order valence-electron chi connectivity index (χ4n) is 1.87. The highest BCUT2D eigenvalue weighted by Gasteiger charge is 2.12. The smallest absolute Gasteiger partial charge is 0.305 e. The van der Waals surface area contributed by atoms with Gasteiger partial charge in [-0.2, -0.15) is 0 Å². The molecule has 0 atom stereocenters. The molecule has 22 heavy (non-hydrogen) atoms. The molecule has 0 radical (unpaired) electrons. The molecule has 1 heterocycles. The fourth-order valence-corrected chi connectivity index (χ4v) is 3.14. The molecule has 0 unspecified atom stereocenters. The van der Waals surface area contributed by atoms with Gasteiger partial charge in [0.05, 0.1) is 4.90 Å². The second-order valence-corrected chi connectivity index (χ2v) is 7.21. The third-order valence-electron chi connectivity index (χ3n) is 2.98. The van der Waals surface area contributed by atoms with E-state index in [4.69, 9.17) is 5.14 Å². The zero-order valence-corrected chi connectivity index (χ0v) is 13.4. The maximum Gasteiger partial charge on any atom is 0.305 e. The van der Waals surface area contributed by atoms with Crippen molar-refractivity contribution in [1.82, 2.24) is 10.3 Å². The number of aromatic nitrogens is 1. The van der Waals surface area contributed by atoms with Gasteiger partial charge >= 0.3 is 4.87 Å². The second-order valence-electron chi connectivity index (χ2n) is 4.66. The Bertz CT molecular complexity index is 835. The van der Waals surface area contributed by atoms with E-state index in [1.54, 1.807) is 19.1 Å². The minimum atomic E-state index is -3.69. The van der Waals surface area contributed by atoms with E-state index < -0.39 is 10.0 Å². The number of thiazole rings is 1. The number of nitrogens with two attached hydrogens (primary N) is 1. The lowest BCUT2D eigenvalue weighted by molar-refractivity contribution is 0.0957. The van der Waals surface area contributed by atoms with Crippen LogP contribution in [0.2, 0.25) is 0 Å². The molecule has 0 aliphatic carbocycles. The van der Waals surface area contributed by atoms with E-state index in [-0.39, 0.29) is 15.7 Å². The Labute approximate surface area is 131 Å². The molecule has 1 aromatic carbocycles. The Morgan fingerprint density at radius 2 is 1.95 bits per heavy atom. The number of H-pyrrole nitrogens is 1. The average molecular weight is 341 g/mol. The Kier molecular flexibility index (Phi) is 4.79. The summed E-state index contributed by atoms with van der Waals surface area (Å²) in [5.41, 5.74) is 1.41. The molecule has 0 fully saturated rings. The van der Waals surface area contributed by atoms with E-state index in [9.17, 15) is 18.0 Å². The van der Waals surface area contributed by atoms with Crippen molar-refractivity contribution in [3.8, 4) is 0 Å². The standard InChI is InChI=1S/C13H15N3O4S2/c1-8-11(21-13(18)16-8)12(17)15-7-6-9-2-4-10(5-3-9)22(14,19)20/h2-5H,6-7H2,1H3,(H,15,17)(H,16,18)(H2,14,19,20). The van der Waals surface area contributed by atoms with Crippen molar-refractivity contribution in [2.45, 2.75) is 18.2 Å². The maximum absolute atomic E-state index is 11.9. The summed E-state index contributed by atoms with van der Waals surface area (Å²) in [5.74, 6) is -0.304. The number of sulfonamides is 1. The highest BCUT2D eigenvalue weighted by Crippen LogP contribution is 2.10. The van der Waals surface area contributed by atoms with Crippen molar-refractivity contribution in [3.05, 3.63) is 50.1 Å². The van der Waals surface area contributed by atoms with Gasteiger partial charge in [-0.25, -0.2) is 13.6 Å². The molecule has 0 bridgehead atoms. The van der Waals surface area contributed by atoms with Crippen molar-refractivity contribution in [3.63, 3.8) is 0 Å². The highest BCUT2D eigenvalue weighted by molar-refractivity contribution is 7.89. The van der Waals surface area contributed by atoms with Crippen LogP contribution in [0.1, 0.15) is 20.9 Å². The lowest BCUT2D eigenvalue weighted by Crippen LogP contribution is -2.25. The number of hydrogen-bond donors (Lipinski definition) is 3. The lowest BCUT2D eigenvalue weighted by atomic mass is 10.1. The number of primary sulfonamides is 1. The van der Waals surface area contributed by atoms with Gasteiger partial charge in [0.15, 0.2) is 0 Å². The van der Waals surface area contributed by atoms with Gasteiger partial charge in [0.25, 0.3) is 5.91 Å². The monoisotopic (exact) mass is 341 g/mol. The van der Waals surface area contributed by atoms with E-state index in [1.165, 1.54) is 12.1 Å². The van der Waals surface area contributed by atoms with Crippen molar-refractivity contribution in [1.29, 1.82) is 0 Å². The SMILES string of the molecule is Cc1[nH]c(=O)sc1C(=O)NCCc1ccc(S(N)(=O)=O)cc1. The van der Waals surface area contributed by atoms with Crippen molar-refractivity contribution >= 4 is 27.3 Å². The largest absolute Gasteiger partial charge is 0.351 e. The molecule has 9 heteroatoms. The number of benzene rings is 1. The summed E-state index contributed by atoms with van der Waals surface area (Å²) in [5, 5.41) is 7.73. The van der Waals surface area contributed by atoms with E-state index in [0.29, 0.717) is 23.5 Å². The molecule has 0 spiro atoms. The molecule has 7 nitrogen and oxygen atoms in total. The minimum Gasteiger partial charge on any atom is -0.351 e. The molecule has 0 saturated heterocycles. The van der Waals surface area contributed by atoms with Gasteiger partial charge in [-0.15, -0.1) is 0 Å². The van der Waals surface area contributed by atoms with Crippen LogP contribution in [0.15, 0.2) is 34.0 Å². The maximum atomic E-state index is 11.9. The van der Waals surface area contributed by atoms with Gasteiger partial charge in [-0.05, 0) is 31.0 Å². The number of carbonyl (C=O) groups excluding carboxylic acids is 1. The molecule has 1 amide bonds. The van der Waals surface area contributed by atoms with Gasteiger partial charge in [0.2, 0.25) is 10.0 Å². The molecular formula is C13H15N3O4S2. The number of hydrogen-bond acceptors (Lipinski definition) is 5. The van der Waals surface area contributed by atoms with Gasteiger partial charge < -0.3 is 10.3 Å². The van der Waals surface area contributed by atoms with Crippen molar-refractivity contribution in [2.24, 2.45) is 5.14 Å². The van der Waals surface area contributed by atoms with Crippen LogP contribution in [-0.4, -0.2) is 25.9 Å². The van der Waals surface area contributed by atoms with Gasteiger partial charge in [-0.3, -0.25) is 9.59 Å². The van der Waals surface area contributed by atoms with Crippen molar-refractivity contribution < 1.29 is 13.2 Å². The zero-order valence-electron chi connectivity index (χ0n) is 11.8. The predicted octanol–water partition coefficient (Wildman–Crippen LogP) is 0.365. The number of aromatic amines is 1. The minimum absolute atomic E-state index is 0.0491. The van der Waals surface area contributed by atoms with E-state index in [2.05, 4.69) is 10.3 Å². The first kappa shape index (κ1) is 16.4. The van der Waals surface area contributed by atoms with Crippen LogP contribution in [0.25, 0.3) is 0 Å². The molecule has 1 aromatic heterocycles. The molecule has 4 N–H and O–H groups in total. The summed E-state index contributed by atoms with van der Waals surface area (Å²) in [6.45, 7) is 2.04. The Morgan fingerprint density at radius 3 is 2.45 bits per heavy atom. The quantitative estimate of drug-likeness (QED) is 0.727. The molecule has 2 aromatic rings. The first-order valence-corrected chi connectivity index (χ1v) is 8.73. The van der Waals surface area contributed by atoms with Gasteiger partial charge in [-0.1, -0.05) is 23.5 Å². The normalized spacial score (nSPS) is 11.4. The molecule has 0 aliphatic heterocycles. The average Bonchev–Trinajstić information content (AvgIpc) is 2.77. The predicted molar refractivity (Wildman–Crippen MR) is 83.5 cm³/mol. The first-order chi connectivity index (χ1) is 10.3. The van der Waals surface area contributed by atoms with Crippen molar-refractivity contribution in [2.75, 3.05) is 6.54 Å². The van der Waals surface area contributed by atoms with Gasteiger partial charge in [0.1, 0.15) is 4.88 Å². The third kappa shape index (κ3) is 4.03. The summed E-state index contributed by atoms with van der Waals surface area (Å²) in [6, 6.07) is 6.14. The summed E-state index contributed by atoms with van der Waals surface area (Å²) < 4.78 is 22.3. The number of carbonyl (C=O) groups is 1. The van der Waals surface area contributed by atoms with Crippen LogP contribution >= 0.6 is 11.3 Å². The number of nitrogens with one attached hydrogen (secondary N) is 2. The third-order valence-corrected chi connectivity index (χ3v) is 4.89. The Balaban J connectivity index is 1.92. The fraction of sp³-hybridized carbons (Fsp3) is 0.231. The number of amides is 1. The zero-order chi connectivity index (χ0) is 16.3. The second kappa shape index (κ2) is 6.42. The molecule has 2 rings (SSSR count). The van der Waals surface area contributed by atoms with Crippen LogP contribution in [0.5, 0.6) is 0 Å². The topological polar surface area (TPSA) is 122 Å². The highest BCUT2D eigenvalue weighted by atomic mass is 32.2.